The Balaban J connectivity index is 1.65. The van der Waals surface area contributed by atoms with E-state index < -0.39 is 0 Å². The molecule has 4 nitrogen and oxygen atoms in total. The third-order valence-electron chi connectivity index (χ3n) is 5.77. The molecule has 24 heavy (non-hydrogen) atoms. The zero-order valence-electron chi connectivity index (χ0n) is 14.8. The van der Waals surface area contributed by atoms with Gasteiger partial charge >= 0.3 is 0 Å². The van der Waals surface area contributed by atoms with E-state index in [1.807, 2.05) is 24.3 Å². The van der Waals surface area contributed by atoms with E-state index in [-0.39, 0.29) is 17.4 Å². The number of benzene rings is 1. The molecule has 0 aliphatic heterocycles. The molecule has 132 valence electrons. The van der Waals surface area contributed by atoms with Crippen LogP contribution in [-0.2, 0) is 16.1 Å². The molecule has 0 saturated heterocycles. The maximum Gasteiger partial charge on any atom is 0.251 e. The van der Waals surface area contributed by atoms with Crippen molar-refractivity contribution in [3.63, 3.8) is 0 Å². The molecule has 2 aliphatic carbocycles. The summed E-state index contributed by atoms with van der Waals surface area (Å²) in [6, 6.07) is 7.93. The lowest BCUT2D eigenvalue weighted by atomic mass is 9.55. The van der Waals surface area contributed by atoms with Gasteiger partial charge in [0.25, 0.3) is 5.91 Å². The highest BCUT2D eigenvalue weighted by Gasteiger charge is 2.56. The van der Waals surface area contributed by atoms with Crippen molar-refractivity contribution in [1.82, 2.24) is 5.32 Å². The first kappa shape index (κ1) is 17.4. The third kappa shape index (κ3) is 3.35. The van der Waals surface area contributed by atoms with Gasteiger partial charge in [-0.15, -0.1) is 0 Å². The molecule has 1 N–H and O–H groups in total. The number of ether oxygens (including phenoxy) is 2. The molecule has 1 spiro atoms. The average Bonchev–Trinajstić information content (AvgIpc) is 2.62. The number of nitrogens with one attached hydrogen (secondary N) is 1. The second-order valence-corrected chi connectivity index (χ2v) is 7.13. The zero-order chi connectivity index (χ0) is 17.0. The summed E-state index contributed by atoms with van der Waals surface area (Å²) in [5, 5.41) is 3.28. The maximum atomic E-state index is 12.6. The largest absolute Gasteiger partial charge is 0.380 e. The molecule has 0 heterocycles. The first-order valence-corrected chi connectivity index (χ1v) is 9.20. The van der Waals surface area contributed by atoms with Crippen molar-refractivity contribution in [3.05, 3.63) is 35.4 Å². The molecule has 1 amide bonds. The summed E-state index contributed by atoms with van der Waals surface area (Å²) in [4.78, 5) is 12.6. The fraction of sp³-hybridized carbons (Fsp3) is 0.650. The first-order valence-electron chi connectivity index (χ1n) is 9.20. The van der Waals surface area contributed by atoms with Gasteiger partial charge in [-0.05, 0) is 43.9 Å². The maximum absolute atomic E-state index is 12.6. The normalized spacial score (nSPS) is 25.2. The first-order chi connectivity index (χ1) is 11.7. The molecule has 1 aromatic rings. The summed E-state index contributed by atoms with van der Waals surface area (Å²) >= 11 is 0. The van der Waals surface area contributed by atoms with E-state index in [1.165, 1.54) is 32.1 Å². The van der Waals surface area contributed by atoms with Crippen molar-refractivity contribution < 1.29 is 14.3 Å². The van der Waals surface area contributed by atoms with Crippen LogP contribution in [0, 0.1) is 5.41 Å². The van der Waals surface area contributed by atoms with Gasteiger partial charge in [-0.25, -0.2) is 0 Å². The molecule has 4 heteroatoms. The Kier molecular flexibility index (Phi) is 5.57. The van der Waals surface area contributed by atoms with Crippen molar-refractivity contribution in [2.75, 3.05) is 13.7 Å². The minimum atomic E-state index is 0.0314. The zero-order valence-corrected chi connectivity index (χ0v) is 14.8. The molecular formula is C20H29NO3. The van der Waals surface area contributed by atoms with Gasteiger partial charge in [0.1, 0.15) is 0 Å². The van der Waals surface area contributed by atoms with Crippen molar-refractivity contribution in [2.24, 2.45) is 5.41 Å². The summed E-state index contributed by atoms with van der Waals surface area (Å²) in [7, 11) is 1.68. The van der Waals surface area contributed by atoms with Gasteiger partial charge in [-0.1, -0.05) is 31.4 Å². The standard InChI is InChI=1S/C20H29NO3/c1-3-24-18-13-17(20(18)11-5-4-6-12-20)21-19(22)16-9-7-15(8-10-16)14-23-2/h7-10,17-18H,3-6,11-14H2,1-2H3,(H,21,22)/t17-,18+/m1/s1. The van der Waals surface area contributed by atoms with Gasteiger partial charge in [0.2, 0.25) is 0 Å². The Morgan fingerprint density at radius 1 is 1.21 bits per heavy atom. The van der Waals surface area contributed by atoms with Gasteiger partial charge in [-0.3, -0.25) is 4.79 Å². The highest BCUT2D eigenvalue weighted by Crippen LogP contribution is 2.53. The van der Waals surface area contributed by atoms with Gasteiger partial charge < -0.3 is 14.8 Å². The molecule has 0 aromatic heterocycles. The number of rotatable bonds is 6. The van der Waals surface area contributed by atoms with Crippen LogP contribution in [0.3, 0.4) is 0 Å². The van der Waals surface area contributed by atoms with E-state index in [2.05, 4.69) is 12.2 Å². The van der Waals surface area contributed by atoms with Crippen molar-refractivity contribution in [3.8, 4) is 0 Å². The van der Waals surface area contributed by atoms with Crippen LogP contribution in [0.4, 0.5) is 0 Å². The van der Waals surface area contributed by atoms with E-state index in [1.54, 1.807) is 7.11 Å². The van der Waals surface area contributed by atoms with Crippen LogP contribution < -0.4 is 5.32 Å². The SMILES string of the molecule is CCO[C@H]1C[C@@H](NC(=O)c2ccc(COC)cc2)C12CCCCC2. The molecule has 1 aromatic carbocycles. The van der Waals surface area contributed by atoms with Crippen molar-refractivity contribution in [2.45, 2.75) is 64.2 Å². The third-order valence-corrected chi connectivity index (χ3v) is 5.77. The Hall–Kier alpha value is -1.39. The minimum Gasteiger partial charge on any atom is -0.380 e. The lowest BCUT2D eigenvalue weighted by molar-refractivity contribution is -0.146. The van der Waals surface area contributed by atoms with Gasteiger partial charge in [0, 0.05) is 30.7 Å². The molecular weight excluding hydrogens is 302 g/mol. The number of methoxy groups -OCH3 is 1. The van der Waals surface area contributed by atoms with Crippen LogP contribution >= 0.6 is 0 Å². The van der Waals surface area contributed by atoms with E-state index in [9.17, 15) is 4.79 Å². The molecule has 0 radical (unpaired) electrons. The number of carbonyl (C=O) groups is 1. The minimum absolute atomic E-state index is 0.0314. The quantitative estimate of drug-likeness (QED) is 0.865. The van der Waals surface area contributed by atoms with Crippen molar-refractivity contribution >= 4 is 5.91 Å². The van der Waals surface area contributed by atoms with E-state index in [0.717, 1.165) is 24.2 Å². The Labute approximate surface area is 144 Å². The number of carbonyl (C=O) groups excluding carboxylic acids is 1. The molecule has 0 bridgehead atoms. The molecule has 2 saturated carbocycles. The number of hydrogen-bond acceptors (Lipinski definition) is 3. The molecule has 2 aliphatic rings. The summed E-state index contributed by atoms with van der Waals surface area (Å²) in [6.07, 6.45) is 7.43. The number of amides is 1. The predicted octanol–water partition coefficient (Wildman–Crippen LogP) is 3.69. The summed E-state index contributed by atoms with van der Waals surface area (Å²) in [6.45, 7) is 3.39. The van der Waals surface area contributed by atoms with Gasteiger partial charge in [-0.2, -0.15) is 0 Å². The van der Waals surface area contributed by atoms with Gasteiger partial charge in [0.15, 0.2) is 0 Å². The Morgan fingerprint density at radius 3 is 2.54 bits per heavy atom. The molecule has 0 unspecified atom stereocenters. The van der Waals surface area contributed by atoms with Crippen molar-refractivity contribution in [1.29, 1.82) is 0 Å². The van der Waals surface area contributed by atoms with Crippen LogP contribution in [0.2, 0.25) is 0 Å². The van der Waals surface area contributed by atoms with Crippen LogP contribution in [0.5, 0.6) is 0 Å². The van der Waals surface area contributed by atoms with E-state index in [0.29, 0.717) is 12.7 Å². The second-order valence-electron chi connectivity index (χ2n) is 7.13. The lowest BCUT2D eigenvalue weighted by Gasteiger charge is -2.57. The van der Waals surface area contributed by atoms with Crippen LogP contribution in [0.1, 0.15) is 61.4 Å². The molecule has 3 rings (SSSR count). The summed E-state index contributed by atoms with van der Waals surface area (Å²) in [5.41, 5.74) is 1.97. The highest BCUT2D eigenvalue weighted by atomic mass is 16.5. The summed E-state index contributed by atoms with van der Waals surface area (Å²) < 4.78 is 11.1. The highest BCUT2D eigenvalue weighted by molar-refractivity contribution is 5.94. The lowest BCUT2D eigenvalue weighted by Crippen LogP contribution is -2.65. The fourth-order valence-electron chi connectivity index (χ4n) is 4.43. The summed E-state index contributed by atoms with van der Waals surface area (Å²) in [5.74, 6) is 0.0314. The molecule has 2 atom stereocenters. The van der Waals surface area contributed by atoms with Gasteiger partial charge in [0.05, 0.1) is 12.7 Å². The van der Waals surface area contributed by atoms with Crippen LogP contribution in [-0.4, -0.2) is 31.8 Å². The van der Waals surface area contributed by atoms with E-state index in [4.69, 9.17) is 9.47 Å². The van der Waals surface area contributed by atoms with Crippen LogP contribution in [0.25, 0.3) is 0 Å². The second kappa shape index (κ2) is 7.66. The smallest absolute Gasteiger partial charge is 0.251 e. The number of hydrogen-bond donors (Lipinski definition) is 1. The monoisotopic (exact) mass is 331 g/mol. The van der Waals surface area contributed by atoms with E-state index >= 15 is 0 Å². The Bertz CT molecular complexity index is 549. The molecule has 2 fully saturated rings. The van der Waals surface area contributed by atoms with Crippen LogP contribution in [0.15, 0.2) is 24.3 Å². The fourth-order valence-corrected chi connectivity index (χ4v) is 4.43. The predicted molar refractivity (Wildman–Crippen MR) is 94.0 cm³/mol. The topological polar surface area (TPSA) is 47.6 Å². The average molecular weight is 331 g/mol. The Morgan fingerprint density at radius 2 is 1.92 bits per heavy atom.